The summed E-state index contributed by atoms with van der Waals surface area (Å²) in [5.41, 5.74) is 1.25. The minimum Gasteiger partial charge on any atom is -0.493 e. The molecular formula is C23H25FN2O3. The Labute approximate surface area is 169 Å². The van der Waals surface area contributed by atoms with Crippen LogP contribution in [0.2, 0.25) is 0 Å². The Kier molecular flexibility index (Phi) is 6.65. The van der Waals surface area contributed by atoms with E-state index < -0.39 is 18.2 Å². The largest absolute Gasteiger partial charge is 0.493 e. The van der Waals surface area contributed by atoms with Gasteiger partial charge in [0, 0.05) is 37.1 Å². The lowest BCUT2D eigenvalue weighted by atomic mass is 9.91. The van der Waals surface area contributed by atoms with Gasteiger partial charge in [0.2, 0.25) is 0 Å². The van der Waals surface area contributed by atoms with E-state index in [0.717, 1.165) is 17.7 Å². The highest BCUT2D eigenvalue weighted by Crippen LogP contribution is 2.25. The fourth-order valence-electron chi connectivity index (χ4n) is 3.20. The van der Waals surface area contributed by atoms with Gasteiger partial charge in [-0.1, -0.05) is 25.1 Å². The number of carboxylic acids is 1. The molecule has 0 bridgehead atoms. The van der Waals surface area contributed by atoms with Crippen LogP contribution in [0.3, 0.4) is 0 Å². The second-order valence-electron chi connectivity index (χ2n) is 6.99. The molecule has 0 spiro atoms. The van der Waals surface area contributed by atoms with Crippen LogP contribution < -0.4 is 4.74 Å². The summed E-state index contributed by atoms with van der Waals surface area (Å²) >= 11 is 0. The van der Waals surface area contributed by atoms with Crippen LogP contribution in [-0.4, -0.2) is 33.9 Å². The molecule has 5 nitrogen and oxygen atoms in total. The number of benzene rings is 1. The molecule has 1 N–H and O–H groups in total. The molecule has 0 saturated heterocycles. The van der Waals surface area contributed by atoms with Gasteiger partial charge >= 0.3 is 5.97 Å². The van der Waals surface area contributed by atoms with Crippen LogP contribution >= 0.6 is 0 Å². The minimum atomic E-state index is -1.65. The molecule has 152 valence electrons. The maximum atomic E-state index is 13.8. The van der Waals surface area contributed by atoms with Gasteiger partial charge in [0.1, 0.15) is 12.4 Å². The molecule has 2 aromatic heterocycles. The summed E-state index contributed by atoms with van der Waals surface area (Å²) in [7, 11) is 0. The van der Waals surface area contributed by atoms with Gasteiger partial charge in [0.15, 0.2) is 5.54 Å². The van der Waals surface area contributed by atoms with Gasteiger partial charge in [-0.2, -0.15) is 0 Å². The number of aliphatic carboxylic acids is 1. The van der Waals surface area contributed by atoms with E-state index in [1.165, 1.54) is 10.1 Å². The number of carboxylic acid groups (broad SMARTS) is 1. The van der Waals surface area contributed by atoms with Crippen molar-refractivity contribution in [2.45, 2.75) is 31.7 Å². The highest BCUT2D eigenvalue weighted by Gasteiger charge is 2.40. The molecule has 0 saturated carbocycles. The molecule has 29 heavy (non-hydrogen) atoms. The van der Waals surface area contributed by atoms with Crippen LogP contribution in [0, 0.1) is 0 Å². The fourth-order valence-corrected chi connectivity index (χ4v) is 3.20. The van der Waals surface area contributed by atoms with Crippen molar-refractivity contribution in [3.63, 3.8) is 0 Å². The van der Waals surface area contributed by atoms with Crippen molar-refractivity contribution in [3.05, 3.63) is 83.9 Å². The summed E-state index contributed by atoms with van der Waals surface area (Å²) in [4.78, 5) is 16.3. The van der Waals surface area contributed by atoms with Crippen LogP contribution in [0.1, 0.15) is 23.7 Å². The lowest BCUT2D eigenvalue weighted by molar-refractivity contribution is -0.148. The minimum absolute atomic E-state index is 0.0431. The highest BCUT2D eigenvalue weighted by atomic mass is 19.1. The number of alkyl halides is 1. The Bertz CT molecular complexity index is 908. The molecule has 2 heterocycles. The van der Waals surface area contributed by atoms with Crippen LogP contribution in [0.25, 0.3) is 0 Å². The van der Waals surface area contributed by atoms with Crippen molar-refractivity contribution in [2.75, 3.05) is 13.3 Å². The Morgan fingerprint density at radius 2 is 1.83 bits per heavy atom. The Hall–Kier alpha value is -3.15. The molecule has 0 aliphatic heterocycles. The van der Waals surface area contributed by atoms with E-state index in [-0.39, 0.29) is 6.42 Å². The predicted octanol–water partition coefficient (Wildman–Crippen LogP) is 4.06. The number of pyridine rings is 1. The van der Waals surface area contributed by atoms with Gasteiger partial charge in [-0.15, -0.1) is 0 Å². The van der Waals surface area contributed by atoms with Crippen molar-refractivity contribution in [1.29, 1.82) is 0 Å². The first-order chi connectivity index (χ1) is 14.1. The Morgan fingerprint density at radius 3 is 2.38 bits per heavy atom. The van der Waals surface area contributed by atoms with E-state index >= 15 is 0 Å². The number of halogens is 1. The zero-order valence-electron chi connectivity index (χ0n) is 16.4. The molecule has 0 radical (unpaired) electrons. The third-order valence-electron chi connectivity index (χ3n) is 5.06. The first kappa shape index (κ1) is 20.6. The smallest absolute Gasteiger partial charge is 0.332 e. The lowest BCUT2D eigenvalue weighted by Crippen LogP contribution is -2.45. The molecule has 0 aliphatic rings. The van der Waals surface area contributed by atoms with Crippen LogP contribution in [0.15, 0.2) is 67.1 Å². The average Bonchev–Trinajstić information content (AvgIpc) is 3.29. The zero-order chi connectivity index (χ0) is 20.7. The maximum absolute atomic E-state index is 13.8. The van der Waals surface area contributed by atoms with E-state index in [2.05, 4.69) is 18.0 Å². The standard InChI is InChI=1S/C23H25FN2O3/c1-2-18-5-8-20(25-16-18)11-14-29-21-9-6-19(7-10-21)15-23(17-24,22(27)28)26-12-3-4-13-26/h3-10,12-13,16H,2,11,14-15,17H2,1H3,(H,27,28). The third-order valence-corrected chi connectivity index (χ3v) is 5.06. The molecule has 3 aromatic rings. The van der Waals surface area contributed by atoms with Gasteiger partial charge in [0.05, 0.1) is 6.61 Å². The van der Waals surface area contributed by atoms with Crippen LogP contribution in [0.5, 0.6) is 5.75 Å². The first-order valence-corrected chi connectivity index (χ1v) is 9.66. The van der Waals surface area contributed by atoms with E-state index in [9.17, 15) is 14.3 Å². The molecule has 6 heteroatoms. The van der Waals surface area contributed by atoms with E-state index in [0.29, 0.717) is 18.8 Å². The number of ether oxygens (including phenoxy) is 1. The summed E-state index contributed by atoms with van der Waals surface area (Å²) in [5.74, 6) is -0.515. The summed E-state index contributed by atoms with van der Waals surface area (Å²) in [6.45, 7) is 1.58. The second-order valence-corrected chi connectivity index (χ2v) is 6.99. The average molecular weight is 396 g/mol. The number of hydrogen-bond donors (Lipinski definition) is 1. The molecule has 3 rings (SSSR count). The molecule has 1 unspecified atom stereocenters. The normalized spacial score (nSPS) is 13.0. The second kappa shape index (κ2) is 9.37. The van der Waals surface area contributed by atoms with Crippen LogP contribution in [-0.2, 0) is 29.6 Å². The van der Waals surface area contributed by atoms with Crippen molar-refractivity contribution in [2.24, 2.45) is 0 Å². The number of rotatable bonds is 10. The topological polar surface area (TPSA) is 64.3 Å². The Morgan fingerprint density at radius 1 is 1.14 bits per heavy atom. The van der Waals surface area contributed by atoms with Crippen molar-refractivity contribution < 1.29 is 19.0 Å². The quantitative estimate of drug-likeness (QED) is 0.561. The monoisotopic (exact) mass is 396 g/mol. The van der Waals surface area contributed by atoms with Gasteiger partial charge in [-0.05, 0) is 47.9 Å². The maximum Gasteiger partial charge on any atom is 0.332 e. The summed E-state index contributed by atoms with van der Waals surface area (Å²) in [5, 5.41) is 9.68. The summed E-state index contributed by atoms with van der Waals surface area (Å²) in [6, 6.07) is 14.6. The van der Waals surface area contributed by atoms with Crippen molar-refractivity contribution in [1.82, 2.24) is 9.55 Å². The van der Waals surface area contributed by atoms with Gasteiger partial charge in [-0.25, -0.2) is 9.18 Å². The predicted molar refractivity (Wildman–Crippen MR) is 109 cm³/mol. The molecular weight excluding hydrogens is 371 g/mol. The molecule has 1 atom stereocenters. The summed E-state index contributed by atoms with van der Waals surface area (Å²) < 4.78 is 21.0. The van der Waals surface area contributed by atoms with Crippen molar-refractivity contribution in [3.8, 4) is 5.75 Å². The van der Waals surface area contributed by atoms with Gasteiger partial charge in [0.25, 0.3) is 0 Å². The lowest BCUT2D eigenvalue weighted by Gasteiger charge is -2.28. The van der Waals surface area contributed by atoms with E-state index in [1.807, 2.05) is 12.3 Å². The van der Waals surface area contributed by atoms with E-state index in [4.69, 9.17) is 4.74 Å². The van der Waals surface area contributed by atoms with Gasteiger partial charge in [-0.3, -0.25) is 4.98 Å². The molecule has 0 aliphatic carbocycles. The number of nitrogens with zero attached hydrogens (tertiary/aromatic N) is 2. The van der Waals surface area contributed by atoms with Crippen LogP contribution in [0.4, 0.5) is 4.39 Å². The Balaban J connectivity index is 1.61. The number of aryl methyl sites for hydroxylation is 1. The van der Waals surface area contributed by atoms with E-state index in [1.54, 1.807) is 48.8 Å². The number of carbonyl (C=O) groups is 1. The highest BCUT2D eigenvalue weighted by molar-refractivity contribution is 5.77. The summed E-state index contributed by atoms with van der Waals surface area (Å²) in [6.07, 6.45) is 6.74. The SMILES string of the molecule is CCc1ccc(CCOc2ccc(CC(CF)(C(=O)O)n3cccc3)cc2)nc1. The first-order valence-electron chi connectivity index (χ1n) is 9.66. The molecule has 0 amide bonds. The zero-order valence-corrected chi connectivity index (χ0v) is 16.4. The number of hydrogen-bond acceptors (Lipinski definition) is 3. The van der Waals surface area contributed by atoms with Crippen molar-refractivity contribution >= 4 is 5.97 Å². The fraction of sp³-hybridized carbons (Fsp3) is 0.304. The number of aromatic nitrogens is 2. The molecule has 1 aromatic carbocycles. The van der Waals surface area contributed by atoms with Gasteiger partial charge < -0.3 is 14.4 Å². The molecule has 0 fully saturated rings. The third kappa shape index (κ3) is 4.83.